The molecule has 1 aromatic carbocycles. The monoisotopic (exact) mass is 336 g/mol. The predicted molar refractivity (Wildman–Crippen MR) is 82.7 cm³/mol. The maximum Gasteiger partial charge on any atom is 0.248 e. The van der Waals surface area contributed by atoms with E-state index in [1.807, 2.05) is 0 Å². The van der Waals surface area contributed by atoms with Crippen molar-refractivity contribution in [2.24, 2.45) is 11.7 Å². The Bertz CT molecular complexity index is 553. The fraction of sp³-hybridized carbons (Fsp3) is 0.538. The molecule has 1 atom stereocenters. The van der Waals surface area contributed by atoms with E-state index in [4.69, 9.17) is 15.2 Å². The van der Waals surface area contributed by atoms with Crippen LogP contribution in [0.1, 0.15) is 12.8 Å². The van der Waals surface area contributed by atoms with Crippen LogP contribution >= 0.6 is 12.4 Å². The van der Waals surface area contributed by atoms with Crippen LogP contribution in [0.15, 0.2) is 23.1 Å². The fourth-order valence-corrected chi connectivity index (χ4v) is 3.44. The molecule has 6 nitrogen and oxygen atoms in total. The summed E-state index contributed by atoms with van der Waals surface area (Å²) in [5, 5.41) is 0. The molecular formula is C13H21ClN2O4S. The van der Waals surface area contributed by atoms with Gasteiger partial charge in [-0.15, -0.1) is 12.4 Å². The third kappa shape index (κ3) is 4.23. The van der Waals surface area contributed by atoms with Crippen molar-refractivity contribution in [3.05, 3.63) is 18.2 Å². The predicted octanol–water partition coefficient (Wildman–Crippen LogP) is 1.14. The maximum atomic E-state index is 12.4. The first-order valence-corrected chi connectivity index (χ1v) is 7.94. The van der Waals surface area contributed by atoms with E-state index in [0.29, 0.717) is 5.92 Å². The minimum absolute atomic E-state index is 0. The van der Waals surface area contributed by atoms with Crippen LogP contribution in [0.5, 0.6) is 11.5 Å². The molecular weight excluding hydrogens is 316 g/mol. The summed E-state index contributed by atoms with van der Waals surface area (Å²) in [6.45, 7) is 0.216. The summed E-state index contributed by atoms with van der Waals surface area (Å²) in [7, 11) is -0.886. The summed E-state index contributed by atoms with van der Waals surface area (Å²) < 4.78 is 37.6. The zero-order valence-electron chi connectivity index (χ0n) is 12.0. The molecule has 2 rings (SSSR count). The molecule has 1 unspecified atom stereocenters. The molecule has 21 heavy (non-hydrogen) atoms. The molecule has 120 valence electrons. The smallest absolute Gasteiger partial charge is 0.248 e. The summed E-state index contributed by atoms with van der Waals surface area (Å²) in [5.74, 6) is 0.922. The van der Waals surface area contributed by atoms with Crippen LogP contribution in [0.25, 0.3) is 0 Å². The first-order valence-electron chi connectivity index (χ1n) is 6.46. The van der Waals surface area contributed by atoms with Gasteiger partial charge in [0.1, 0.15) is 11.5 Å². The van der Waals surface area contributed by atoms with E-state index in [1.54, 1.807) is 18.2 Å². The first kappa shape index (κ1) is 18.0. The lowest BCUT2D eigenvalue weighted by molar-refractivity contribution is 0.372. The lowest BCUT2D eigenvalue weighted by atomic mass is 10.2. The standard InChI is InChI=1S/C13H20N2O4S.ClH/c1-18-11-4-3-5-12(19-2)13(11)20(16,17)15-8-10(14)9-6-7-9;/h3-5,9-10,15H,6-8,14H2,1-2H3;1H. The fourth-order valence-electron chi connectivity index (χ4n) is 2.05. The summed E-state index contributed by atoms with van der Waals surface area (Å²) in [5.41, 5.74) is 5.92. The second-order valence-corrected chi connectivity index (χ2v) is 6.55. The van der Waals surface area contributed by atoms with Gasteiger partial charge < -0.3 is 15.2 Å². The summed E-state index contributed by atoms with van der Waals surface area (Å²) in [4.78, 5) is 0.00740. The largest absolute Gasteiger partial charge is 0.495 e. The van der Waals surface area contributed by atoms with Crippen LogP contribution in [0.3, 0.4) is 0 Å². The molecule has 0 spiro atoms. The van der Waals surface area contributed by atoms with Crippen LogP contribution in [0.2, 0.25) is 0 Å². The van der Waals surface area contributed by atoms with E-state index in [1.165, 1.54) is 14.2 Å². The zero-order valence-corrected chi connectivity index (χ0v) is 13.7. The second kappa shape index (κ2) is 7.31. The normalized spacial score (nSPS) is 16.0. The average Bonchev–Trinajstić information content (AvgIpc) is 3.28. The second-order valence-electron chi connectivity index (χ2n) is 4.84. The number of rotatable bonds is 7. The number of hydrogen-bond donors (Lipinski definition) is 2. The number of benzene rings is 1. The number of hydrogen-bond acceptors (Lipinski definition) is 5. The highest BCUT2D eigenvalue weighted by molar-refractivity contribution is 7.89. The van der Waals surface area contributed by atoms with Crippen LogP contribution in [0, 0.1) is 5.92 Å². The van der Waals surface area contributed by atoms with Crippen molar-refractivity contribution < 1.29 is 17.9 Å². The lowest BCUT2D eigenvalue weighted by Gasteiger charge is -2.16. The van der Waals surface area contributed by atoms with E-state index in [2.05, 4.69) is 4.72 Å². The Morgan fingerprint density at radius 1 is 1.29 bits per heavy atom. The van der Waals surface area contributed by atoms with Gasteiger partial charge in [0.2, 0.25) is 10.0 Å². The van der Waals surface area contributed by atoms with Crippen molar-refractivity contribution in [3.63, 3.8) is 0 Å². The summed E-state index contributed by atoms with van der Waals surface area (Å²) >= 11 is 0. The van der Waals surface area contributed by atoms with Gasteiger partial charge >= 0.3 is 0 Å². The third-order valence-electron chi connectivity index (χ3n) is 3.39. The maximum absolute atomic E-state index is 12.4. The van der Waals surface area contributed by atoms with E-state index in [-0.39, 0.29) is 41.4 Å². The van der Waals surface area contributed by atoms with Crippen molar-refractivity contribution in [2.75, 3.05) is 20.8 Å². The highest BCUT2D eigenvalue weighted by Gasteiger charge is 2.31. The molecule has 0 heterocycles. The molecule has 3 N–H and O–H groups in total. The number of methoxy groups -OCH3 is 2. The van der Waals surface area contributed by atoms with Crippen molar-refractivity contribution in [1.29, 1.82) is 0 Å². The molecule has 1 aliphatic carbocycles. The molecule has 0 bridgehead atoms. The Morgan fingerprint density at radius 2 is 1.81 bits per heavy atom. The van der Waals surface area contributed by atoms with E-state index >= 15 is 0 Å². The number of nitrogens with one attached hydrogen (secondary N) is 1. The van der Waals surface area contributed by atoms with Gasteiger partial charge in [-0.1, -0.05) is 6.07 Å². The van der Waals surface area contributed by atoms with Crippen molar-refractivity contribution in [3.8, 4) is 11.5 Å². The molecule has 0 aliphatic heterocycles. The van der Waals surface area contributed by atoms with Crippen LogP contribution in [-0.4, -0.2) is 35.2 Å². The van der Waals surface area contributed by atoms with Crippen LogP contribution in [-0.2, 0) is 10.0 Å². The summed E-state index contributed by atoms with van der Waals surface area (Å²) in [6, 6.07) is 4.69. The molecule has 1 aliphatic rings. The van der Waals surface area contributed by atoms with Gasteiger partial charge in [-0.2, -0.15) is 0 Å². The molecule has 0 amide bonds. The van der Waals surface area contributed by atoms with Gasteiger partial charge in [-0.3, -0.25) is 0 Å². The number of nitrogens with two attached hydrogens (primary N) is 1. The topological polar surface area (TPSA) is 90.6 Å². The zero-order chi connectivity index (χ0) is 14.8. The minimum atomic E-state index is -3.73. The Kier molecular flexibility index (Phi) is 6.27. The first-order chi connectivity index (χ1) is 9.49. The van der Waals surface area contributed by atoms with Crippen molar-refractivity contribution in [2.45, 2.75) is 23.8 Å². The van der Waals surface area contributed by atoms with E-state index < -0.39 is 10.0 Å². The van der Waals surface area contributed by atoms with Crippen LogP contribution in [0.4, 0.5) is 0 Å². The van der Waals surface area contributed by atoms with E-state index in [0.717, 1.165) is 12.8 Å². The molecule has 0 aromatic heterocycles. The number of sulfonamides is 1. The van der Waals surface area contributed by atoms with Crippen LogP contribution < -0.4 is 19.9 Å². The summed E-state index contributed by atoms with van der Waals surface area (Å²) in [6.07, 6.45) is 2.14. The van der Waals surface area contributed by atoms with Gasteiger partial charge in [0.25, 0.3) is 0 Å². The van der Waals surface area contributed by atoms with Crippen molar-refractivity contribution in [1.82, 2.24) is 4.72 Å². The highest BCUT2D eigenvalue weighted by Crippen LogP contribution is 2.34. The van der Waals surface area contributed by atoms with E-state index in [9.17, 15) is 8.42 Å². The Morgan fingerprint density at radius 3 is 2.24 bits per heavy atom. The Hall–Kier alpha value is -1.02. The average molecular weight is 337 g/mol. The Labute approximate surface area is 131 Å². The van der Waals surface area contributed by atoms with Gasteiger partial charge in [0.05, 0.1) is 14.2 Å². The lowest BCUT2D eigenvalue weighted by Crippen LogP contribution is -2.38. The van der Waals surface area contributed by atoms with Gasteiger partial charge in [-0.25, -0.2) is 13.1 Å². The molecule has 1 saturated carbocycles. The Balaban J connectivity index is 0.00000220. The minimum Gasteiger partial charge on any atom is -0.495 e. The van der Waals surface area contributed by atoms with Gasteiger partial charge in [0.15, 0.2) is 4.90 Å². The molecule has 1 aromatic rings. The third-order valence-corrected chi connectivity index (χ3v) is 4.87. The van der Waals surface area contributed by atoms with Gasteiger partial charge in [-0.05, 0) is 30.9 Å². The molecule has 1 fully saturated rings. The van der Waals surface area contributed by atoms with Gasteiger partial charge in [0, 0.05) is 12.6 Å². The quantitative estimate of drug-likeness (QED) is 0.779. The molecule has 0 saturated heterocycles. The van der Waals surface area contributed by atoms with Crippen molar-refractivity contribution >= 4 is 22.4 Å². The highest BCUT2D eigenvalue weighted by atomic mass is 35.5. The molecule has 0 radical (unpaired) electrons. The number of ether oxygens (including phenoxy) is 2. The SMILES string of the molecule is COc1cccc(OC)c1S(=O)(=O)NCC(N)C1CC1.Cl. The molecule has 8 heteroatoms. The number of halogens is 1.